The second-order valence-corrected chi connectivity index (χ2v) is 10.1. The van der Waals surface area contributed by atoms with Crippen LogP contribution in [0.15, 0.2) is 35.3 Å². The topological polar surface area (TPSA) is 79.3 Å². The highest BCUT2D eigenvalue weighted by Gasteiger charge is 2.33. The van der Waals surface area contributed by atoms with Crippen molar-refractivity contribution in [3.63, 3.8) is 0 Å². The third-order valence-electron chi connectivity index (χ3n) is 5.59. The van der Waals surface area contributed by atoms with E-state index in [4.69, 9.17) is 4.74 Å². The highest BCUT2D eigenvalue weighted by Crippen LogP contribution is 2.33. The first-order valence-electron chi connectivity index (χ1n) is 9.47. The Morgan fingerprint density at radius 2 is 2.03 bits per heavy atom. The van der Waals surface area contributed by atoms with Crippen LogP contribution in [0.1, 0.15) is 12.5 Å². The van der Waals surface area contributed by atoms with Gasteiger partial charge in [-0.15, -0.1) is 0 Å². The highest BCUT2D eigenvalue weighted by molar-refractivity contribution is 7.91. The molecule has 1 aromatic rings. The Kier molecular flexibility index (Phi) is 4.88. The zero-order valence-corrected chi connectivity index (χ0v) is 17.0. The number of benzene rings is 1. The van der Waals surface area contributed by atoms with Crippen molar-refractivity contribution in [1.82, 2.24) is 4.90 Å². The number of halogens is 1. The number of hydrogen-bond acceptors (Lipinski definition) is 6. The van der Waals surface area contributed by atoms with Crippen molar-refractivity contribution in [2.24, 2.45) is 4.99 Å². The number of sulfone groups is 1. The summed E-state index contributed by atoms with van der Waals surface area (Å²) in [4.78, 5) is 19.8. The molecule has 155 valence electrons. The zero-order valence-electron chi connectivity index (χ0n) is 16.2. The summed E-state index contributed by atoms with van der Waals surface area (Å²) in [5.74, 6) is 0.564. The normalized spacial score (nSPS) is 29.0. The van der Waals surface area contributed by atoms with Crippen LogP contribution in [-0.4, -0.2) is 69.0 Å². The summed E-state index contributed by atoms with van der Waals surface area (Å²) in [6, 6.07) is 4.71. The number of rotatable bonds is 2. The van der Waals surface area contributed by atoms with Gasteiger partial charge in [-0.2, -0.15) is 0 Å². The predicted molar refractivity (Wildman–Crippen MR) is 108 cm³/mol. The molecular weight excluding hydrogens is 397 g/mol. The van der Waals surface area contributed by atoms with Gasteiger partial charge in [0.25, 0.3) is 0 Å². The standard InChI is InChI=1S/C20H23FN3O4S/c1-14-12-24(19(25)28-14)15-3-4-16(17(21)11-15)20(2)6-5-18(22-13-20)23-7-9-29(26,27)10-8-23/h3-6,11,14H,1,7-10,12-13H2,2H3. The van der Waals surface area contributed by atoms with Crippen LogP contribution in [0.3, 0.4) is 0 Å². The predicted octanol–water partition coefficient (Wildman–Crippen LogP) is 1.94. The molecule has 2 atom stereocenters. The van der Waals surface area contributed by atoms with Crippen molar-refractivity contribution in [2.75, 3.05) is 42.6 Å². The Morgan fingerprint density at radius 1 is 1.31 bits per heavy atom. The average Bonchev–Trinajstić information content (AvgIpc) is 3.00. The fraction of sp³-hybridized carbons (Fsp3) is 0.450. The minimum absolute atomic E-state index is 0.125. The van der Waals surface area contributed by atoms with E-state index in [1.165, 1.54) is 11.0 Å². The second kappa shape index (κ2) is 7.12. The van der Waals surface area contributed by atoms with E-state index in [-0.39, 0.29) is 18.1 Å². The number of carbonyl (C=O) groups is 1. The van der Waals surface area contributed by atoms with Gasteiger partial charge in [-0.05, 0) is 30.7 Å². The van der Waals surface area contributed by atoms with Gasteiger partial charge in [-0.1, -0.05) is 19.1 Å². The third kappa shape index (κ3) is 3.88. The maximum absolute atomic E-state index is 14.9. The van der Waals surface area contributed by atoms with Gasteiger partial charge in [-0.25, -0.2) is 17.6 Å². The summed E-state index contributed by atoms with van der Waals surface area (Å²) >= 11 is 0. The number of aliphatic imine (C=N–C) groups is 1. The number of cyclic esters (lactones) is 1. The molecule has 3 aliphatic heterocycles. The number of dihydropyridines is 1. The minimum Gasteiger partial charge on any atom is -0.444 e. The quantitative estimate of drug-likeness (QED) is 0.731. The Labute approximate surface area is 169 Å². The Balaban J connectivity index is 1.50. The first kappa shape index (κ1) is 19.9. The number of amidine groups is 1. The van der Waals surface area contributed by atoms with Crippen LogP contribution in [0.5, 0.6) is 0 Å². The maximum atomic E-state index is 14.9. The molecule has 3 aliphatic rings. The molecule has 3 heterocycles. The van der Waals surface area contributed by atoms with E-state index >= 15 is 0 Å². The number of carbonyl (C=O) groups excluding carboxylic acids is 1. The number of nitrogens with zero attached hydrogens (tertiary/aromatic N) is 3. The van der Waals surface area contributed by atoms with Crippen molar-refractivity contribution in [1.29, 1.82) is 0 Å². The Hall–Kier alpha value is -2.42. The molecule has 0 bridgehead atoms. The van der Waals surface area contributed by atoms with Crippen LogP contribution in [0.4, 0.5) is 14.9 Å². The van der Waals surface area contributed by atoms with E-state index in [0.29, 0.717) is 30.9 Å². The van der Waals surface area contributed by atoms with Crippen LogP contribution < -0.4 is 4.90 Å². The Bertz CT molecular complexity index is 993. The van der Waals surface area contributed by atoms with E-state index in [9.17, 15) is 17.6 Å². The molecule has 2 saturated heterocycles. The molecule has 1 amide bonds. The van der Waals surface area contributed by atoms with Crippen molar-refractivity contribution in [2.45, 2.75) is 18.4 Å². The fourth-order valence-corrected chi connectivity index (χ4v) is 5.00. The molecule has 2 fully saturated rings. The largest absolute Gasteiger partial charge is 0.444 e. The number of ether oxygens (including phenoxy) is 1. The lowest BCUT2D eigenvalue weighted by Gasteiger charge is -2.34. The highest BCUT2D eigenvalue weighted by atomic mass is 32.2. The van der Waals surface area contributed by atoms with Crippen molar-refractivity contribution in [3.05, 3.63) is 48.7 Å². The van der Waals surface area contributed by atoms with Gasteiger partial charge >= 0.3 is 6.09 Å². The summed E-state index contributed by atoms with van der Waals surface area (Å²) in [5, 5.41) is 0. The van der Waals surface area contributed by atoms with Crippen LogP contribution in [0, 0.1) is 12.7 Å². The molecule has 0 saturated carbocycles. The van der Waals surface area contributed by atoms with Gasteiger partial charge in [0.1, 0.15) is 17.8 Å². The van der Waals surface area contributed by atoms with Gasteiger partial charge in [0.05, 0.1) is 30.3 Å². The lowest BCUT2D eigenvalue weighted by Crippen LogP contribution is -2.44. The lowest BCUT2D eigenvalue weighted by atomic mass is 9.80. The molecule has 0 N–H and O–H groups in total. The first-order chi connectivity index (χ1) is 13.7. The fourth-order valence-electron chi connectivity index (χ4n) is 3.80. The van der Waals surface area contributed by atoms with Crippen molar-refractivity contribution in [3.8, 4) is 0 Å². The second-order valence-electron chi connectivity index (χ2n) is 7.84. The minimum atomic E-state index is -2.96. The molecule has 29 heavy (non-hydrogen) atoms. The number of amides is 1. The van der Waals surface area contributed by atoms with Crippen LogP contribution >= 0.6 is 0 Å². The molecule has 1 radical (unpaired) electrons. The van der Waals surface area contributed by atoms with Crippen LogP contribution in [-0.2, 0) is 20.0 Å². The Morgan fingerprint density at radius 3 is 2.59 bits per heavy atom. The smallest absolute Gasteiger partial charge is 0.414 e. The zero-order chi connectivity index (χ0) is 20.8. The SMILES string of the molecule is [CH2]C1CN(c2ccc(C3(C)C=CC(N4CCS(=O)(=O)CC4)=NC3)c(F)c2)C(=O)O1. The van der Waals surface area contributed by atoms with Gasteiger partial charge in [0, 0.05) is 18.5 Å². The molecule has 7 nitrogen and oxygen atoms in total. The van der Waals surface area contributed by atoms with Crippen LogP contribution in [0.2, 0.25) is 0 Å². The molecule has 4 rings (SSSR count). The lowest BCUT2D eigenvalue weighted by molar-refractivity contribution is 0.159. The first-order valence-corrected chi connectivity index (χ1v) is 11.3. The van der Waals surface area contributed by atoms with Gasteiger partial charge in [0.2, 0.25) is 0 Å². The molecule has 9 heteroatoms. The molecule has 0 aromatic heterocycles. The van der Waals surface area contributed by atoms with E-state index in [1.54, 1.807) is 12.1 Å². The third-order valence-corrected chi connectivity index (χ3v) is 7.20. The van der Waals surface area contributed by atoms with E-state index < -0.39 is 33.3 Å². The van der Waals surface area contributed by atoms with E-state index in [0.717, 1.165) is 5.84 Å². The molecule has 1 aromatic carbocycles. The summed E-state index contributed by atoms with van der Waals surface area (Å²) in [6.07, 6.45) is 2.74. The molecule has 2 unspecified atom stereocenters. The van der Waals surface area contributed by atoms with Crippen molar-refractivity contribution >= 4 is 27.5 Å². The number of anilines is 1. The molecular formula is C20H23FN3O4S. The molecule has 0 spiro atoms. The summed E-state index contributed by atoms with van der Waals surface area (Å²) in [5.41, 5.74) is 0.290. The summed E-state index contributed by atoms with van der Waals surface area (Å²) in [7, 11) is -2.96. The molecule has 0 aliphatic carbocycles. The van der Waals surface area contributed by atoms with E-state index in [1.807, 2.05) is 24.0 Å². The summed E-state index contributed by atoms with van der Waals surface area (Å²) in [6.45, 7) is 7.08. The number of hydrogen-bond donors (Lipinski definition) is 0. The maximum Gasteiger partial charge on any atom is 0.414 e. The van der Waals surface area contributed by atoms with E-state index in [2.05, 4.69) is 11.9 Å². The van der Waals surface area contributed by atoms with Crippen LogP contribution in [0.25, 0.3) is 0 Å². The summed E-state index contributed by atoms with van der Waals surface area (Å²) < 4.78 is 43.1. The average molecular weight is 420 g/mol. The van der Waals surface area contributed by atoms with Gasteiger partial charge in [-0.3, -0.25) is 9.89 Å². The van der Waals surface area contributed by atoms with Crippen molar-refractivity contribution < 1.29 is 22.3 Å². The van der Waals surface area contributed by atoms with Gasteiger partial charge < -0.3 is 9.64 Å². The monoisotopic (exact) mass is 420 g/mol. The van der Waals surface area contributed by atoms with Gasteiger partial charge in [0.15, 0.2) is 9.84 Å².